The van der Waals surface area contributed by atoms with Crippen LogP contribution >= 0.6 is 0 Å². The highest BCUT2D eigenvalue weighted by Gasteiger charge is 2.12. The second-order valence-electron chi connectivity index (χ2n) is 6.45. The van der Waals surface area contributed by atoms with Gasteiger partial charge in [-0.2, -0.15) is 0 Å². The van der Waals surface area contributed by atoms with Gasteiger partial charge in [0.25, 0.3) is 0 Å². The number of rotatable bonds is 9. The van der Waals surface area contributed by atoms with Crippen molar-refractivity contribution in [2.75, 3.05) is 7.11 Å². The minimum atomic E-state index is 0.822. The van der Waals surface area contributed by atoms with Crippen LogP contribution in [0.15, 0.2) is 69.5 Å². The Hall–Kier alpha value is -2.55. The van der Waals surface area contributed by atoms with Gasteiger partial charge in [-0.15, -0.1) is 0 Å². The fourth-order valence-electron chi connectivity index (χ4n) is 2.68. The van der Waals surface area contributed by atoms with Crippen molar-refractivity contribution in [2.45, 2.75) is 53.9 Å². The molecule has 0 saturated heterocycles. The third kappa shape index (κ3) is 6.93. The zero-order chi connectivity index (χ0) is 20.2. The Morgan fingerprint density at radius 2 is 1.81 bits per heavy atom. The molecule has 0 amide bonds. The topological polar surface area (TPSA) is 47.6 Å². The van der Waals surface area contributed by atoms with Gasteiger partial charge in [0, 0.05) is 23.2 Å². The van der Waals surface area contributed by atoms with E-state index in [0.717, 1.165) is 53.1 Å². The average Bonchev–Trinajstić information content (AvgIpc) is 2.69. The standard InChI is InChI=1S/C24H34N2O/c1-7-10-11-21(15-12-20-13-16-22(27-6)17-14-20)23(19(5)26-9-3)24(25)18(4)8-2/h9,11-17H,7-8,10,25H2,1-6H3/b15-12+,21-11-,23-19-,24-18-,26-9?. The van der Waals surface area contributed by atoms with Crippen molar-refractivity contribution in [1.29, 1.82) is 0 Å². The molecule has 0 radical (unpaired) electrons. The zero-order valence-electron chi connectivity index (χ0n) is 17.7. The summed E-state index contributed by atoms with van der Waals surface area (Å²) in [4.78, 5) is 4.52. The molecule has 1 rings (SSSR count). The molecule has 0 fully saturated rings. The number of hydrogen-bond donors (Lipinski definition) is 1. The van der Waals surface area contributed by atoms with Crippen LogP contribution in [-0.4, -0.2) is 13.3 Å². The van der Waals surface area contributed by atoms with Gasteiger partial charge in [-0.05, 0) is 62.5 Å². The normalized spacial score (nSPS) is 14.5. The van der Waals surface area contributed by atoms with Crippen LogP contribution in [0.1, 0.15) is 59.4 Å². The first kappa shape index (κ1) is 22.5. The minimum Gasteiger partial charge on any atom is -0.497 e. The molecule has 3 heteroatoms. The molecule has 2 N–H and O–H groups in total. The Morgan fingerprint density at radius 1 is 1.15 bits per heavy atom. The first-order valence-corrected chi connectivity index (χ1v) is 9.66. The van der Waals surface area contributed by atoms with E-state index in [2.05, 4.69) is 44.0 Å². The molecule has 0 unspecified atom stereocenters. The second kappa shape index (κ2) is 11.9. The molecule has 0 aromatic heterocycles. The molecular formula is C24H34N2O. The molecule has 0 heterocycles. The summed E-state index contributed by atoms with van der Waals surface area (Å²) >= 11 is 0. The maximum Gasteiger partial charge on any atom is 0.118 e. The predicted octanol–water partition coefficient (Wildman–Crippen LogP) is 6.44. The fraction of sp³-hybridized carbons (Fsp3) is 0.375. The summed E-state index contributed by atoms with van der Waals surface area (Å²) in [5, 5.41) is 0. The Labute approximate surface area is 165 Å². The van der Waals surface area contributed by atoms with Gasteiger partial charge in [-0.1, -0.05) is 50.6 Å². The van der Waals surface area contributed by atoms with Gasteiger partial charge in [0.1, 0.15) is 5.75 Å². The van der Waals surface area contributed by atoms with Crippen LogP contribution in [0.25, 0.3) is 6.08 Å². The van der Waals surface area contributed by atoms with Crippen LogP contribution < -0.4 is 10.5 Å². The zero-order valence-corrected chi connectivity index (χ0v) is 17.7. The summed E-state index contributed by atoms with van der Waals surface area (Å²) < 4.78 is 5.23. The molecule has 0 aliphatic heterocycles. The second-order valence-corrected chi connectivity index (χ2v) is 6.45. The Morgan fingerprint density at radius 3 is 2.33 bits per heavy atom. The van der Waals surface area contributed by atoms with Crippen molar-refractivity contribution < 1.29 is 4.74 Å². The van der Waals surface area contributed by atoms with E-state index < -0.39 is 0 Å². The van der Waals surface area contributed by atoms with Crippen LogP contribution in [0.3, 0.4) is 0 Å². The Kier molecular flexibility index (Phi) is 9.95. The molecule has 0 spiro atoms. The minimum absolute atomic E-state index is 0.822. The van der Waals surface area contributed by atoms with E-state index in [1.807, 2.05) is 44.3 Å². The lowest BCUT2D eigenvalue weighted by Crippen LogP contribution is -2.08. The SMILES string of the molecule is CC=N/C(C)=C(C(=C\CCC)/C=C/c1ccc(OC)cc1)\C(N)=C(/C)CC. The highest BCUT2D eigenvalue weighted by atomic mass is 16.5. The third-order valence-electron chi connectivity index (χ3n) is 4.46. The van der Waals surface area contributed by atoms with Gasteiger partial charge in [0.15, 0.2) is 0 Å². The Bertz CT molecular complexity index is 747. The number of unbranched alkanes of at least 4 members (excludes halogenated alkanes) is 1. The van der Waals surface area contributed by atoms with E-state index >= 15 is 0 Å². The van der Waals surface area contributed by atoms with Crippen LogP contribution in [0.4, 0.5) is 0 Å². The molecule has 0 saturated carbocycles. The Balaban J connectivity index is 3.43. The van der Waals surface area contributed by atoms with Gasteiger partial charge in [-0.25, -0.2) is 0 Å². The number of aliphatic imine (C=N–C) groups is 1. The quantitative estimate of drug-likeness (QED) is 0.403. The first-order valence-electron chi connectivity index (χ1n) is 9.66. The molecule has 27 heavy (non-hydrogen) atoms. The summed E-state index contributed by atoms with van der Waals surface area (Å²) in [5.41, 5.74) is 12.7. The van der Waals surface area contributed by atoms with Crippen molar-refractivity contribution in [3.8, 4) is 5.75 Å². The monoisotopic (exact) mass is 366 g/mol. The number of allylic oxidation sites excluding steroid dienone is 5. The third-order valence-corrected chi connectivity index (χ3v) is 4.46. The van der Waals surface area contributed by atoms with Gasteiger partial charge in [0.05, 0.1) is 7.11 Å². The molecule has 0 atom stereocenters. The highest BCUT2D eigenvalue weighted by molar-refractivity contribution is 5.63. The van der Waals surface area contributed by atoms with E-state index in [1.54, 1.807) is 7.11 Å². The lowest BCUT2D eigenvalue weighted by molar-refractivity contribution is 0.415. The molecule has 1 aromatic carbocycles. The molecule has 0 aliphatic rings. The molecule has 0 bridgehead atoms. The largest absolute Gasteiger partial charge is 0.497 e. The molecule has 0 aliphatic carbocycles. The molecular weight excluding hydrogens is 332 g/mol. The lowest BCUT2D eigenvalue weighted by atomic mass is 9.95. The number of hydrogen-bond acceptors (Lipinski definition) is 3. The highest BCUT2D eigenvalue weighted by Crippen LogP contribution is 2.27. The number of methoxy groups -OCH3 is 1. The van der Waals surface area contributed by atoms with Crippen LogP contribution in [0.5, 0.6) is 5.75 Å². The van der Waals surface area contributed by atoms with Crippen molar-refractivity contribution >= 4 is 12.3 Å². The smallest absolute Gasteiger partial charge is 0.118 e. The van der Waals surface area contributed by atoms with Crippen molar-refractivity contribution in [2.24, 2.45) is 10.7 Å². The summed E-state index contributed by atoms with van der Waals surface area (Å²) in [7, 11) is 1.68. The van der Waals surface area contributed by atoms with E-state index in [1.165, 1.54) is 5.57 Å². The predicted molar refractivity (Wildman–Crippen MR) is 119 cm³/mol. The molecule has 1 aromatic rings. The average molecular weight is 367 g/mol. The summed E-state index contributed by atoms with van der Waals surface area (Å²) in [6.07, 6.45) is 11.3. The van der Waals surface area contributed by atoms with Crippen molar-refractivity contribution in [3.05, 3.63) is 70.1 Å². The number of benzene rings is 1. The maximum atomic E-state index is 6.54. The van der Waals surface area contributed by atoms with Crippen molar-refractivity contribution in [1.82, 2.24) is 0 Å². The number of nitrogens with zero attached hydrogens (tertiary/aromatic N) is 1. The van der Waals surface area contributed by atoms with Gasteiger partial charge >= 0.3 is 0 Å². The molecule has 3 nitrogen and oxygen atoms in total. The van der Waals surface area contributed by atoms with Crippen LogP contribution in [0, 0.1) is 0 Å². The maximum absolute atomic E-state index is 6.54. The summed E-state index contributed by atoms with van der Waals surface area (Å²) in [6, 6.07) is 8.02. The van der Waals surface area contributed by atoms with Gasteiger partial charge < -0.3 is 10.5 Å². The van der Waals surface area contributed by atoms with E-state index in [9.17, 15) is 0 Å². The van der Waals surface area contributed by atoms with E-state index in [0.29, 0.717) is 0 Å². The number of nitrogens with two attached hydrogens (primary N) is 1. The van der Waals surface area contributed by atoms with Gasteiger partial charge in [-0.3, -0.25) is 4.99 Å². The summed E-state index contributed by atoms with van der Waals surface area (Å²) in [6.45, 7) is 10.3. The summed E-state index contributed by atoms with van der Waals surface area (Å²) in [5.74, 6) is 0.855. The fourth-order valence-corrected chi connectivity index (χ4v) is 2.68. The molecule has 146 valence electrons. The number of ether oxygens (including phenoxy) is 1. The van der Waals surface area contributed by atoms with E-state index in [4.69, 9.17) is 10.5 Å². The van der Waals surface area contributed by atoms with Crippen LogP contribution in [-0.2, 0) is 0 Å². The lowest BCUT2D eigenvalue weighted by Gasteiger charge is -2.15. The van der Waals surface area contributed by atoms with Gasteiger partial charge in [0.2, 0.25) is 0 Å². The van der Waals surface area contributed by atoms with E-state index in [-0.39, 0.29) is 0 Å². The van der Waals surface area contributed by atoms with Crippen LogP contribution in [0.2, 0.25) is 0 Å². The first-order chi connectivity index (χ1) is 13.0. The van der Waals surface area contributed by atoms with Crippen molar-refractivity contribution in [3.63, 3.8) is 0 Å².